The van der Waals surface area contributed by atoms with E-state index in [0.29, 0.717) is 29.7 Å². The van der Waals surface area contributed by atoms with E-state index in [1.54, 1.807) is 12.1 Å². The Morgan fingerprint density at radius 2 is 2.16 bits per heavy atom. The van der Waals surface area contributed by atoms with Gasteiger partial charge in [-0.15, -0.1) is 11.3 Å². The van der Waals surface area contributed by atoms with E-state index < -0.39 is 0 Å². The molecular weight excluding hydrogens is 262 g/mol. The minimum atomic E-state index is 0.0148. The summed E-state index contributed by atoms with van der Waals surface area (Å²) in [5, 5.41) is 1.84. The van der Waals surface area contributed by atoms with Crippen LogP contribution in [0.15, 0.2) is 29.6 Å². The van der Waals surface area contributed by atoms with Crippen LogP contribution in [0.1, 0.15) is 29.2 Å². The number of thiophene rings is 1. The van der Waals surface area contributed by atoms with Crippen LogP contribution in [-0.2, 0) is 6.61 Å². The van der Waals surface area contributed by atoms with E-state index in [1.165, 1.54) is 18.3 Å². The fraction of sp³-hybridized carbons (Fsp3) is 0.286. The van der Waals surface area contributed by atoms with Crippen LogP contribution in [0.3, 0.4) is 0 Å². The number of ketones is 1. The van der Waals surface area contributed by atoms with Crippen LogP contribution >= 0.6 is 11.3 Å². The van der Waals surface area contributed by atoms with Crippen molar-refractivity contribution in [2.75, 3.05) is 6.61 Å². The van der Waals surface area contributed by atoms with Crippen molar-refractivity contribution < 1.29 is 14.3 Å². The number of aromatic nitrogens is 1. The van der Waals surface area contributed by atoms with E-state index in [1.807, 2.05) is 24.4 Å². The second kappa shape index (κ2) is 6.33. The van der Waals surface area contributed by atoms with Crippen molar-refractivity contribution in [1.29, 1.82) is 0 Å². The molecule has 4 nitrogen and oxygen atoms in total. The number of Topliss-reactive ketones (excluding diaryl/α,β-unsaturated/α-hetero) is 1. The summed E-state index contributed by atoms with van der Waals surface area (Å²) in [5.74, 6) is 1.21. The van der Waals surface area contributed by atoms with Gasteiger partial charge in [0.2, 0.25) is 5.88 Å². The lowest BCUT2D eigenvalue weighted by Crippen LogP contribution is -2.02. The van der Waals surface area contributed by atoms with Crippen molar-refractivity contribution in [2.45, 2.75) is 20.5 Å². The maximum absolute atomic E-state index is 11.4. The lowest BCUT2D eigenvalue weighted by Gasteiger charge is -2.07. The zero-order valence-electron chi connectivity index (χ0n) is 10.9. The number of hydrogen-bond donors (Lipinski definition) is 0. The van der Waals surface area contributed by atoms with Crippen molar-refractivity contribution in [3.8, 4) is 11.6 Å². The summed E-state index contributed by atoms with van der Waals surface area (Å²) in [4.78, 5) is 16.3. The summed E-state index contributed by atoms with van der Waals surface area (Å²) in [6.07, 6.45) is 0. The number of pyridine rings is 1. The molecule has 0 radical (unpaired) electrons. The molecule has 0 aliphatic carbocycles. The molecule has 0 N–H and O–H groups in total. The Morgan fingerprint density at radius 3 is 2.89 bits per heavy atom. The average Bonchev–Trinajstić information content (AvgIpc) is 2.86. The van der Waals surface area contributed by atoms with Gasteiger partial charge in [-0.1, -0.05) is 6.07 Å². The molecule has 0 fully saturated rings. The third-order valence-electron chi connectivity index (χ3n) is 2.40. The normalized spacial score (nSPS) is 10.2. The molecule has 0 aromatic carbocycles. The lowest BCUT2D eigenvalue weighted by molar-refractivity contribution is 0.101. The predicted molar refractivity (Wildman–Crippen MR) is 74.1 cm³/mol. The van der Waals surface area contributed by atoms with Gasteiger partial charge in [0.25, 0.3) is 0 Å². The molecule has 2 heterocycles. The Balaban J connectivity index is 2.04. The first-order valence-electron chi connectivity index (χ1n) is 6.00. The van der Waals surface area contributed by atoms with Crippen molar-refractivity contribution in [3.63, 3.8) is 0 Å². The zero-order chi connectivity index (χ0) is 13.7. The molecule has 0 saturated carbocycles. The Bertz CT molecular complexity index is 565. The second-order valence-electron chi connectivity index (χ2n) is 3.86. The minimum Gasteiger partial charge on any atom is -0.486 e. The number of nitrogens with zero attached hydrogens (tertiary/aromatic N) is 1. The van der Waals surface area contributed by atoms with Crippen molar-refractivity contribution >= 4 is 17.1 Å². The number of carbonyl (C=O) groups is 1. The summed E-state index contributed by atoms with van der Waals surface area (Å²) in [6, 6.07) is 7.34. The molecule has 0 spiro atoms. The van der Waals surface area contributed by atoms with Gasteiger partial charge < -0.3 is 9.47 Å². The molecular formula is C14H15NO3S. The molecule has 100 valence electrons. The molecule has 5 heteroatoms. The summed E-state index contributed by atoms with van der Waals surface area (Å²) in [7, 11) is 0. The van der Waals surface area contributed by atoms with E-state index in [9.17, 15) is 4.79 Å². The highest BCUT2D eigenvalue weighted by Gasteiger charge is 2.10. The Hall–Kier alpha value is -1.88. The van der Waals surface area contributed by atoms with E-state index >= 15 is 0 Å². The predicted octanol–water partition coefficient (Wildman–Crippen LogP) is 3.32. The van der Waals surface area contributed by atoms with Gasteiger partial charge in [-0.05, 0) is 24.4 Å². The van der Waals surface area contributed by atoms with Gasteiger partial charge in [-0.3, -0.25) is 4.79 Å². The van der Waals surface area contributed by atoms with Crippen molar-refractivity contribution in [3.05, 3.63) is 40.2 Å². The van der Waals surface area contributed by atoms with Crippen LogP contribution in [0, 0.1) is 0 Å². The Kier molecular flexibility index (Phi) is 4.52. The first kappa shape index (κ1) is 13.5. The fourth-order valence-electron chi connectivity index (χ4n) is 1.59. The molecule has 2 aromatic heterocycles. The van der Waals surface area contributed by atoms with Gasteiger partial charge in [0.15, 0.2) is 5.78 Å². The van der Waals surface area contributed by atoms with Crippen molar-refractivity contribution in [1.82, 2.24) is 4.98 Å². The SMILES string of the molecule is CCOc1cccc(COc2ccsc2C(C)=O)n1. The molecule has 2 aromatic rings. The summed E-state index contributed by atoms with van der Waals surface area (Å²) < 4.78 is 11.0. The van der Waals surface area contributed by atoms with Gasteiger partial charge in [-0.2, -0.15) is 0 Å². The number of ether oxygens (including phenoxy) is 2. The highest BCUT2D eigenvalue weighted by molar-refractivity contribution is 7.12. The monoisotopic (exact) mass is 277 g/mol. The lowest BCUT2D eigenvalue weighted by atomic mass is 10.3. The highest BCUT2D eigenvalue weighted by Crippen LogP contribution is 2.26. The van der Waals surface area contributed by atoms with Crippen LogP contribution in [0.5, 0.6) is 11.6 Å². The molecule has 2 rings (SSSR count). The van der Waals surface area contributed by atoms with Gasteiger partial charge in [0.1, 0.15) is 17.2 Å². The standard InChI is InChI=1S/C14H15NO3S/c1-3-17-13-6-4-5-11(15-13)9-18-12-7-8-19-14(12)10(2)16/h4-8H,3,9H2,1-2H3. The van der Waals surface area contributed by atoms with Crippen LogP contribution in [-0.4, -0.2) is 17.4 Å². The molecule has 0 saturated heterocycles. The van der Waals surface area contributed by atoms with Crippen LogP contribution in [0.4, 0.5) is 0 Å². The third kappa shape index (κ3) is 3.54. The van der Waals surface area contributed by atoms with Crippen LogP contribution < -0.4 is 9.47 Å². The Labute approximate surface area is 116 Å². The van der Waals surface area contributed by atoms with Gasteiger partial charge in [0.05, 0.1) is 12.3 Å². The van der Waals surface area contributed by atoms with Gasteiger partial charge in [0, 0.05) is 13.0 Å². The first-order chi connectivity index (χ1) is 9.20. The number of carbonyl (C=O) groups excluding carboxylic acids is 1. The minimum absolute atomic E-state index is 0.0148. The van der Waals surface area contributed by atoms with Gasteiger partial charge in [-0.25, -0.2) is 4.98 Å². The van der Waals surface area contributed by atoms with Crippen molar-refractivity contribution in [2.24, 2.45) is 0 Å². The molecule has 0 unspecified atom stereocenters. The summed E-state index contributed by atoms with van der Waals surface area (Å²) >= 11 is 1.38. The van der Waals surface area contributed by atoms with E-state index in [-0.39, 0.29) is 5.78 Å². The van der Waals surface area contributed by atoms with E-state index in [2.05, 4.69) is 4.98 Å². The Morgan fingerprint density at radius 1 is 1.32 bits per heavy atom. The second-order valence-corrected chi connectivity index (χ2v) is 4.78. The molecule has 0 amide bonds. The summed E-state index contributed by atoms with van der Waals surface area (Å²) in [6.45, 7) is 4.34. The third-order valence-corrected chi connectivity index (χ3v) is 3.39. The van der Waals surface area contributed by atoms with E-state index in [4.69, 9.17) is 9.47 Å². The summed E-state index contributed by atoms with van der Waals surface area (Å²) in [5.41, 5.74) is 0.770. The van der Waals surface area contributed by atoms with E-state index in [0.717, 1.165) is 5.69 Å². The molecule has 0 aliphatic rings. The fourth-order valence-corrected chi connectivity index (χ4v) is 2.32. The molecule has 19 heavy (non-hydrogen) atoms. The first-order valence-corrected chi connectivity index (χ1v) is 6.88. The molecule has 0 atom stereocenters. The molecule has 0 aliphatic heterocycles. The smallest absolute Gasteiger partial charge is 0.213 e. The largest absolute Gasteiger partial charge is 0.486 e. The average molecular weight is 277 g/mol. The highest BCUT2D eigenvalue weighted by atomic mass is 32.1. The number of hydrogen-bond acceptors (Lipinski definition) is 5. The number of rotatable bonds is 6. The quantitative estimate of drug-likeness (QED) is 0.760. The maximum Gasteiger partial charge on any atom is 0.213 e. The topological polar surface area (TPSA) is 48.4 Å². The zero-order valence-corrected chi connectivity index (χ0v) is 11.7. The maximum atomic E-state index is 11.4. The molecule has 0 bridgehead atoms. The van der Waals surface area contributed by atoms with Crippen LogP contribution in [0.2, 0.25) is 0 Å². The van der Waals surface area contributed by atoms with Gasteiger partial charge >= 0.3 is 0 Å². The van der Waals surface area contributed by atoms with Crippen LogP contribution in [0.25, 0.3) is 0 Å².